The molecule has 0 bridgehead atoms. The molecule has 0 N–H and O–H groups in total. The van der Waals surface area contributed by atoms with Crippen molar-refractivity contribution in [2.24, 2.45) is 0 Å². The zero-order valence-electron chi connectivity index (χ0n) is 5.89. The molecule has 0 saturated heterocycles. The van der Waals surface area contributed by atoms with Gasteiger partial charge in [-0.05, 0) is 19.4 Å². The molecular weight excluding hydrogens is 116 g/mol. The molecule has 0 spiro atoms. The lowest BCUT2D eigenvalue weighted by atomic mass is 10.2. The van der Waals surface area contributed by atoms with E-state index in [9.17, 15) is 0 Å². The summed E-state index contributed by atoms with van der Waals surface area (Å²) in [5.74, 6) is 0. The van der Waals surface area contributed by atoms with Crippen molar-refractivity contribution < 1.29 is 9.47 Å². The first-order valence-electron chi connectivity index (χ1n) is 3.14. The van der Waals surface area contributed by atoms with Gasteiger partial charge in [-0.15, -0.1) is 0 Å². The molecule has 1 aliphatic heterocycles. The molecule has 2 heteroatoms. The van der Waals surface area contributed by atoms with E-state index in [4.69, 9.17) is 9.47 Å². The molecule has 0 aromatic heterocycles. The van der Waals surface area contributed by atoms with E-state index in [0.29, 0.717) is 0 Å². The first-order chi connectivity index (χ1) is 4.33. The van der Waals surface area contributed by atoms with Crippen molar-refractivity contribution in [2.75, 3.05) is 13.7 Å². The maximum atomic E-state index is 5.20. The molecule has 1 rings (SSSR count). The summed E-state index contributed by atoms with van der Waals surface area (Å²) in [7, 11) is 1.65. The van der Waals surface area contributed by atoms with Gasteiger partial charge in [0, 0.05) is 7.11 Å². The van der Waals surface area contributed by atoms with Crippen LogP contribution < -0.4 is 0 Å². The molecule has 1 unspecified atom stereocenters. The molecule has 0 saturated carbocycles. The molecule has 0 radical (unpaired) electrons. The third-order valence-corrected chi connectivity index (χ3v) is 1.43. The standard InChI is InChI=1S/C7H12O2/c1-6-3-4-9-7(5-6)8-2/h5,7H,3-4H2,1-2H3. The molecule has 0 aromatic rings. The Labute approximate surface area is 55.5 Å². The average Bonchev–Trinajstić information content (AvgIpc) is 1.88. The number of ether oxygens (including phenoxy) is 2. The van der Waals surface area contributed by atoms with Crippen LogP contribution in [-0.4, -0.2) is 20.0 Å². The van der Waals surface area contributed by atoms with Crippen LogP contribution in [0.25, 0.3) is 0 Å². The Bertz CT molecular complexity index is 118. The third kappa shape index (κ3) is 1.80. The zero-order valence-corrected chi connectivity index (χ0v) is 5.89. The maximum absolute atomic E-state index is 5.20. The smallest absolute Gasteiger partial charge is 0.176 e. The second-order valence-electron chi connectivity index (χ2n) is 2.24. The van der Waals surface area contributed by atoms with Crippen molar-refractivity contribution >= 4 is 0 Å². The van der Waals surface area contributed by atoms with Crippen LogP contribution >= 0.6 is 0 Å². The van der Waals surface area contributed by atoms with E-state index in [1.54, 1.807) is 7.11 Å². The minimum Gasteiger partial charge on any atom is -0.352 e. The Kier molecular flexibility index (Phi) is 2.25. The molecule has 52 valence electrons. The van der Waals surface area contributed by atoms with Crippen molar-refractivity contribution in [2.45, 2.75) is 19.6 Å². The summed E-state index contributed by atoms with van der Waals surface area (Å²) >= 11 is 0. The van der Waals surface area contributed by atoms with Crippen LogP contribution in [0.3, 0.4) is 0 Å². The molecule has 0 fully saturated rings. The highest BCUT2D eigenvalue weighted by Crippen LogP contribution is 2.11. The quantitative estimate of drug-likeness (QED) is 0.496. The van der Waals surface area contributed by atoms with Gasteiger partial charge in [0.1, 0.15) is 0 Å². The average molecular weight is 128 g/mol. The molecule has 2 nitrogen and oxygen atoms in total. The topological polar surface area (TPSA) is 18.5 Å². The fourth-order valence-corrected chi connectivity index (χ4v) is 0.836. The van der Waals surface area contributed by atoms with E-state index < -0.39 is 0 Å². The van der Waals surface area contributed by atoms with Gasteiger partial charge in [-0.2, -0.15) is 0 Å². The van der Waals surface area contributed by atoms with E-state index in [-0.39, 0.29) is 6.29 Å². The predicted molar refractivity (Wildman–Crippen MR) is 35.1 cm³/mol. The summed E-state index contributed by atoms with van der Waals surface area (Å²) in [5.41, 5.74) is 1.35. The van der Waals surface area contributed by atoms with Crippen LogP contribution in [0.15, 0.2) is 11.6 Å². The first kappa shape index (κ1) is 6.78. The molecule has 1 heterocycles. The van der Waals surface area contributed by atoms with Crippen molar-refractivity contribution in [3.63, 3.8) is 0 Å². The maximum Gasteiger partial charge on any atom is 0.176 e. The Hall–Kier alpha value is -0.340. The lowest BCUT2D eigenvalue weighted by Gasteiger charge is -2.18. The van der Waals surface area contributed by atoms with Crippen LogP contribution in [0.2, 0.25) is 0 Å². The Morgan fingerprint density at radius 3 is 3.00 bits per heavy atom. The Balaban J connectivity index is 2.47. The van der Waals surface area contributed by atoms with Crippen LogP contribution in [0.4, 0.5) is 0 Å². The monoisotopic (exact) mass is 128 g/mol. The van der Waals surface area contributed by atoms with Gasteiger partial charge in [0.15, 0.2) is 6.29 Å². The van der Waals surface area contributed by atoms with Gasteiger partial charge in [-0.1, -0.05) is 5.57 Å². The van der Waals surface area contributed by atoms with E-state index in [1.165, 1.54) is 5.57 Å². The second-order valence-corrected chi connectivity index (χ2v) is 2.24. The minimum atomic E-state index is -0.0984. The lowest BCUT2D eigenvalue weighted by Crippen LogP contribution is -2.17. The highest BCUT2D eigenvalue weighted by Gasteiger charge is 2.08. The highest BCUT2D eigenvalue weighted by molar-refractivity contribution is 5.02. The van der Waals surface area contributed by atoms with E-state index >= 15 is 0 Å². The Morgan fingerprint density at radius 1 is 1.78 bits per heavy atom. The van der Waals surface area contributed by atoms with E-state index in [1.807, 2.05) is 6.08 Å². The molecule has 0 amide bonds. The van der Waals surface area contributed by atoms with Crippen molar-refractivity contribution in [3.05, 3.63) is 11.6 Å². The fourth-order valence-electron chi connectivity index (χ4n) is 0.836. The summed E-state index contributed by atoms with van der Waals surface area (Å²) in [6, 6.07) is 0. The van der Waals surface area contributed by atoms with Gasteiger partial charge >= 0.3 is 0 Å². The molecule has 1 aliphatic rings. The predicted octanol–water partition coefficient (Wildman–Crippen LogP) is 1.33. The lowest BCUT2D eigenvalue weighted by molar-refractivity contribution is -0.0961. The zero-order chi connectivity index (χ0) is 6.69. The number of rotatable bonds is 1. The molecule has 1 atom stereocenters. The van der Waals surface area contributed by atoms with Gasteiger partial charge in [0.05, 0.1) is 6.61 Å². The SMILES string of the molecule is COC1C=C(C)CCO1. The number of hydrogen-bond donors (Lipinski definition) is 0. The van der Waals surface area contributed by atoms with E-state index in [2.05, 4.69) is 6.92 Å². The van der Waals surface area contributed by atoms with Crippen molar-refractivity contribution in [3.8, 4) is 0 Å². The molecule has 9 heavy (non-hydrogen) atoms. The summed E-state index contributed by atoms with van der Waals surface area (Å²) in [4.78, 5) is 0. The molecule has 0 aromatic carbocycles. The number of hydrogen-bond acceptors (Lipinski definition) is 2. The normalized spacial score (nSPS) is 27.8. The minimum absolute atomic E-state index is 0.0984. The third-order valence-electron chi connectivity index (χ3n) is 1.43. The Morgan fingerprint density at radius 2 is 2.56 bits per heavy atom. The highest BCUT2D eigenvalue weighted by atomic mass is 16.7. The van der Waals surface area contributed by atoms with Gasteiger partial charge in [0.2, 0.25) is 0 Å². The summed E-state index contributed by atoms with van der Waals surface area (Å²) < 4.78 is 10.2. The molecular formula is C7H12O2. The van der Waals surface area contributed by atoms with Crippen molar-refractivity contribution in [1.29, 1.82) is 0 Å². The largest absolute Gasteiger partial charge is 0.352 e. The summed E-state index contributed by atoms with van der Waals surface area (Å²) in [6.07, 6.45) is 2.95. The van der Waals surface area contributed by atoms with Crippen molar-refractivity contribution in [1.82, 2.24) is 0 Å². The van der Waals surface area contributed by atoms with Crippen LogP contribution in [0.1, 0.15) is 13.3 Å². The second kappa shape index (κ2) is 2.99. The van der Waals surface area contributed by atoms with E-state index in [0.717, 1.165) is 13.0 Å². The van der Waals surface area contributed by atoms with Gasteiger partial charge < -0.3 is 9.47 Å². The summed E-state index contributed by atoms with van der Waals surface area (Å²) in [5, 5.41) is 0. The van der Waals surface area contributed by atoms with Crippen LogP contribution in [-0.2, 0) is 9.47 Å². The van der Waals surface area contributed by atoms with Crippen LogP contribution in [0.5, 0.6) is 0 Å². The first-order valence-corrected chi connectivity index (χ1v) is 3.14. The van der Waals surface area contributed by atoms with Gasteiger partial charge in [-0.25, -0.2) is 0 Å². The van der Waals surface area contributed by atoms with Crippen LogP contribution in [0, 0.1) is 0 Å². The van der Waals surface area contributed by atoms with Gasteiger partial charge in [-0.3, -0.25) is 0 Å². The fraction of sp³-hybridized carbons (Fsp3) is 0.714. The molecule has 0 aliphatic carbocycles. The number of methoxy groups -OCH3 is 1. The van der Waals surface area contributed by atoms with Gasteiger partial charge in [0.25, 0.3) is 0 Å². The summed E-state index contributed by atoms with van der Waals surface area (Å²) in [6.45, 7) is 2.88.